The first-order valence-corrected chi connectivity index (χ1v) is 5.66. The number of benzene rings is 1. The molecule has 6 heteroatoms. The highest BCUT2D eigenvalue weighted by atomic mass is 19.1. The molecule has 100 valence electrons. The van der Waals surface area contributed by atoms with Gasteiger partial charge in [-0.2, -0.15) is 5.10 Å². The second kappa shape index (κ2) is 5.29. The molecular formula is C13H14FN3O2. The molecule has 2 N–H and O–H groups in total. The Morgan fingerprint density at radius 1 is 1.37 bits per heavy atom. The molecule has 2 rings (SSSR count). The van der Waals surface area contributed by atoms with E-state index in [-0.39, 0.29) is 18.7 Å². The van der Waals surface area contributed by atoms with Crippen molar-refractivity contribution in [1.29, 1.82) is 0 Å². The summed E-state index contributed by atoms with van der Waals surface area (Å²) in [6, 6.07) is 5.39. The molecule has 1 heterocycles. The highest BCUT2D eigenvalue weighted by Crippen LogP contribution is 2.30. The second-order valence-corrected chi connectivity index (χ2v) is 4.22. The number of halogens is 1. The molecule has 0 aliphatic rings. The summed E-state index contributed by atoms with van der Waals surface area (Å²) in [5, 5.41) is 23.9. The third-order valence-electron chi connectivity index (χ3n) is 2.95. The van der Waals surface area contributed by atoms with Crippen LogP contribution in [0.25, 0.3) is 0 Å². The van der Waals surface area contributed by atoms with E-state index >= 15 is 0 Å². The van der Waals surface area contributed by atoms with Crippen LogP contribution in [0.5, 0.6) is 0 Å². The van der Waals surface area contributed by atoms with Gasteiger partial charge in [-0.1, -0.05) is 18.7 Å². The molecule has 2 aromatic rings. The zero-order valence-corrected chi connectivity index (χ0v) is 10.2. The van der Waals surface area contributed by atoms with Crippen LogP contribution in [0.1, 0.15) is 5.56 Å². The predicted octanol–water partition coefficient (Wildman–Crippen LogP) is 0.854. The summed E-state index contributed by atoms with van der Waals surface area (Å²) in [6.07, 6.45) is 2.78. The van der Waals surface area contributed by atoms with Crippen molar-refractivity contribution >= 4 is 0 Å². The molecule has 1 aromatic carbocycles. The number of rotatable bonds is 5. The van der Waals surface area contributed by atoms with E-state index in [1.54, 1.807) is 0 Å². The summed E-state index contributed by atoms with van der Waals surface area (Å²) in [4.78, 5) is 3.79. The van der Waals surface area contributed by atoms with Crippen molar-refractivity contribution in [2.45, 2.75) is 12.1 Å². The molecule has 0 saturated carbocycles. The Labute approximate surface area is 109 Å². The molecule has 1 aromatic heterocycles. The first-order valence-electron chi connectivity index (χ1n) is 5.66. The molecule has 19 heavy (non-hydrogen) atoms. The Kier molecular flexibility index (Phi) is 3.73. The molecule has 0 aliphatic carbocycles. The number of aliphatic hydroxyl groups excluding tert-OH is 1. The van der Waals surface area contributed by atoms with Crippen molar-refractivity contribution in [2.75, 3.05) is 6.61 Å². The van der Waals surface area contributed by atoms with Gasteiger partial charge in [0.25, 0.3) is 0 Å². The third kappa shape index (κ3) is 2.69. The second-order valence-electron chi connectivity index (χ2n) is 4.22. The van der Waals surface area contributed by atoms with Crippen molar-refractivity contribution in [1.82, 2.24) is 14.8 Å². The highest BCUT2D eigenvalue weighted by Gasteiger charge is 2.33. The summed E-state index contributed by atoms with van der Waals surface area (Å²) in [5.41, 5.74) is -0.895. The number of hydrogen-bond donors (Lipinski definition) is 2. The summed E-state index contributed by atoms with van der Waals surface area (Å²) in [6.45, 7) is 3.32. The largest absolute Gasteiger partial charge is 0.392 e. The average Bonchev–Trinajstić information content (AvgIpc) is 2.91. The maximum atomic E-state index is 13.0. The van der Waals surface area contributed by atoms with Crippen molar-refractivity contribution in [3.8, 4) is 0 Å². The van der Waals surface area contributed by atoms with Crippen molar-refractivity contribution in [3.63, 3.8) is 0 Å². The van der Waals surface area contributed by atoms with E-state index in [0.29, 0.717) is 5.56 Å². The van der Waals surface area contributed by atoms with Gasteiger partial charge in [-0.15, -0.1) is 0 Å². The monoisotopic (exact) mass is 263 g/mol. The molecule has 0 aliphatic heterocycles. The minimum absolute atomic E-state index is 0.0397. The fourth-order valence-corrected chi connectivity index (χ4v) is 1.81. The topological polar surface area (TPSA) is 71.2 Å². The molecule has 0 spiro atoms. The highest BCUT2D eigenvalue weighted by molar-refractivity contribution is 5.31. The zero-order chi connectivity index (χ0) is 13.9. The molecular weight excluding hydrogens is 249 g/mol. The molecule has 0 saturated heterocycles. The molecule has 0 bridgehead atoms. The Morgan fingerprint density at radius 2 is 2.05 bits per heavy atom. The summed E-state index contributed by atoms with van der Waals surface area (Å²) >= 11 is 0. The van der Waals surface area contributed by atoms with E-state index in [2.05, 4.69) is 16.7 Å². The van der Waals surface area contributed by atoms with E-state index in [1.807, 2.05) is 0 Å². The van der Waals surface area contributed by atoms with Crippen LogP contribution in [-0.4, -0.2) is 31.6 Å². The van der Waals surface area contributed by atoms with Gasteiger partial charge < -0.3 is 10.2 Å². The van der Waals surface area contributed by atoms with Crippen molar-refractivity contribution in [2.24, 2.45) is 0 Å². The van der Waals surface area contributed by atoms with E-state index in [0.717, 1.165) is 0 Å². The Balaban J connectivity index is 2.39. The van der Waals surface area contributed by atoms with Gasteiger partial charge in [0, 0.05) is 0 Å². The van der Waals surface area contributed by atoms with Crippen molar-refractivity contribution < 1.29 is 14.6 Å². The van der Waals surface area contributed by atoms with Crippen LogP contribution in [-0.2, 0) is 12.1 Å². The minimum Gasteiger partial charge on any atom is -0.392 e. The molecule has 0 amide bonds. The van der Waals surface area contributed by atoms with E-state index < -0.39 is 11.4 Å². The SMILES string of the molecule is C=C(CO)C(O)(Cn1cncn1)c1ccc(F)cc1. The van der Waals surface area contributed by atoms with E-state index in [4.69, 9.17) is 0 Å². The van der Waals surface area contributed by atoms with Crippen LogP contribution in [0.4, 0.5) is 4.39 Å². The smallest absolute Gasteiger partial charge is 0.137 e. The van der Waals surface area contributed by atoms with Crippen LogP contribution in [0.15, 0.2) is 49.1 Å². The number of aromatic nitrogens is 3. The van der Waals surface area contributed by atoms with Crippen LogP contribution in [0.2, 0.25) is 0 Å². The summed E-state index contributed by atoms with van der Waals surface area (Å²) in [7, 11) is 0. The van der Waals surface area contributed by atoms with E-state index in [9.17, 15) is 14.6 Å². The Bertz CT molecular complexity index is 554. The number of hydrogen-bond acceptors (Lipinski definition) is 4. The lowest BCUT2D eigenvalue weighted by Crippen LogP contribution is -2.35. The molecule has 0 fully saturated rings. The standard InChI is InChI=1S/C13H14FN3O2/c1-10(6-18)13(19,7-17-9-15-8-16-17)11-2-4-12(14)5-3-11/h2-5,8-9,18-19H,1,6-7H2. The maximum absolute atomic E-state index is 13.0. The van der Waals surface area contributed by atoms with Crippen LogP contribution >= 0.6 is 0 Å². The Morgan fingerprint density at radius 3 is 2.58 bits per heavy atom. The van der Waals surface area contributed by atoms with Crippen LogP contribution in [0.3, 0.4) is 0 Å². The van der Waals surface area contributed by atoms with Crippen molar-refractivity contribution in [3.05, 3.63) is 60.5 Å². The molecule has 5 nitrogen and oxygen atoms in total. The third-order valence-corrected chi connectivity index (χ3v) is 2.95. The lowest BCUT2D eigenvalue weighted by atomic mass is 9.87. The summed E-state index contributed by atoms with van der Waals surface area (Å²) < 4.78 is 14.4. The first-order chi connectivity index (χ1) is 9.06. The van der Waals surface area contributed by atoms with Gasteiger partial charge in [0.05, 0.1) is 13.2 Å². The maximum Gasteiger partial charge on any atom is 0.137 e. The number of nitrogens with zero attached hydrogens (tertiary/aromatic N) is 3. The number of aliphatic hydroxyl groups is 2. The van der Waals surface area contributed by atoms with Crippen LogP contribution in [0, 0.1) is 5.82 Å². The Hall–Kier alpha value is -2.05. The van der Waals surface area contributed by atoms with Gasteiger partial charge in [-0.3, -0.25) is 0 Å². The van der Waals surface area contributed by atoms with Gasteiger partial charge in [0.1, 0.15) is 24.1 Å². The van der Waals surface area contributed by atoms with E-state index in [1.165, 1.54) is 41.6 Å². The first kappa shape index (κ1) is 13.4. The van der Waals surface area contributed by atoms with Gasteiger partial charge in [0.2, 0.25) is 0 Å². The minimum atomic E-state index is -1.53. The van der Waals surface area contributed by atoms with Gasteiger partial charge in [-0.05, 0) is 23.3 Å². The predicted molar refractivity (Wildman–Crippen MR) is 66.5 cm³/mol. The molecule has 1 atom stereocenters. The quantitative estimate of drug-likeness (QED) is 0.785. The van der Waals surface area contributed by atoms with Gasteiger partial charge >= 0.3 is 0 Å². The fourth-order valence-electron chi connectivity index (χ4n) is 1.81. The normalized spacial score (nSPS) is 14.1. The lowest BCUT2D eigenvalue weighted by Gasteiger charge is -2.30. The zero-order valence-electron chi connectivity index (χ0n) is 10.2. The fraction of sp³-hybridized carbons (Fsp3) is 0.231. The van der Waals surface area contributed by atoms with Gasteiger partial charge in [0.15, 0.2) is 0 Å². The molecule has 1 unspecified atom stereocenters. The van der Waals surface area contributed by atoms with Gasteiger partial charge in [-0.25, -0.2) is 14.1 Å². The van der Waals surface area contributed by atoms with Crippen LogP contribution < -0.4 is 0 Å². The lowest BCUT2D eigenvalue weighted by molar-refractivity contribution is 0.0422. The molecule has 0 radical (unpaired) electrons. The average molecular weight is 263 g/mol. The summed E-state index contributed by atoms with van der Waals surface area (Å²) in [5.74, 6) is -0.401.